The van der Waals surface area contributed by atoms with Crippen LogP contribution in [0.4, 0.5) is 11.4 Å². The average molecular weight is 307 g/mol. The van der Waals surface area contributed by atoms with Crippen molar-refractivity contribution in [2.75, 3.05) is 16.6 Å². The number of hydrogen-bond acceptors (Lipinski definition) is 5. The lowest BCUT2D eigenvalue weighted by Crippen LogP contribution is -2.28. The van der Waals surface area contributed by atoms with Crippen molar-refractivity contribution < 1.29 is 13.6 Å². The molecule has 0 aliphatic carbocycles. The van der Waals surface area contributed by atoms with Crippen LogP contribution >= 0.6 is 0 Å². The lowest BCUT2D eigenvalue weighted by atomic mass is 10.2. The quantitative estimate of drug-likeness (QED) is 0.877. The van der Waals surface area contributed by atoms with Crippen LogP contribution in [0.5, 0.6) is 0 Å². The summed E-state index contributed by atoms with van der Waals surface area (Å²) in [6.07, 6.45) is 0. The maximum absolute atomic E-state index is 12.7. The third kappa shape index (κ3) is 2.85. The summed E-state index contributed by atoms with van der Waals surface area (Å²) < 4.78 is 26.4. The van der Waals surface area contributed by atoms with E-state index < -0.39 is 15.2 Å². The molecular weight excluding hydrogens is 292 g/mol. The molecular formula is C14H15N2O4S-. The van der Waals surface area contributed by atoms with Gasteiger partial charge in [-0.25, -0.2) is 8.42 Å². The summed E-state index contributed by atoms with van der Waals surface area (Å²) >= 11 is 0. The number of sulfonamides is 1. The summed E-state index contributed by atoms with van der Waals surface area (Å²) in [5.74, 6) is 0. The second-order valence-electron chi connectivity index (χ2n) is 4.50. The molecule has 0 saturated heterocycles. The molecule has 0 bridgehead atoms. The van der Waals surface area contributed by atoms with Gasteiger partial charge in [-0.3, -0.25) is 9.51 Å². The Morgan fingerprint density at radius 3 is 2.10 bits per heavy atom. The van der Waals surface area contributed by atoms with Gasteiger partial charge >= 0.3 is 0 Å². The van der Waals surface area contributed by atoms with Crippen molar-refractivity contribution in [1.29, 1.82) is 0 Å². The van der Waals surface area contributed by atoms with Gasteiger partial charge in [-0.2, -0.15) is 0 Å². The normalized spacial score (nSPS) is 11.2. The smallest absolute Gasteiger partial charge is 0.266 e. The maximum Gasteiger partial charge on any atom is 0.266 e. The summed E-state index contributed by atoms with van der Waals surface area (Å²) in [5.41, 5.74) is 0.963. The molecule has 7 heteroatoms. The molecule has 0 heterocycles. The molecule has 0 amide bonds. The summed E-state index contributed by atoms with van der Waals surface area (Å²) in [4.78, 5) is -0.256. The van der Waals surface area contributed by atoms with E-state index in [-0.39, 0.29) is 10.6 Å². The van der Waals surface area contributed by atoms with E-state index in [2.05, 4.69) is 0 Å². The molecule has 0 atom stereocenters. The number of rotatable bonds is 4. The molecule has 0 aromatic heterocycles. The maximum atomic E-state index is 12.7. The Bertz CT molecular complexity index is 744. The lowest BCUT2D eigenvalue weighted by molar-refractivity contribution is 0.294. The molecule has 21 heavy (non-hydrogen) atoms. The molecule has 1 N–H and O–H groups in total. The highest BCUT2D eigenvalue weighted by Gasteiger charge is 2.25. The minimum Gasteiger partial charge on any atom is -0.733 e. The molecule has 0 aliphatic rings. The van der Waals surface area contributed by atoms with Crippen LogP contribution in [0.3, 0.4) is 0 Å². The second kappa shape index (κ2) is 5.72. The van der Waals surface area contributed by atoms with Gasteiger partial charge in [-0.1, -0.05) is 30.3 Å². The van der Waals surface area contributed by atoms with Gasteiger partial charge in [0.05, 0.1) is 11.4 Å². The first-order valence-corrected chi connectivity index (χ1v) is 7.59. The van der Waals surface area contributed by atoms with E-state index in [0.29, 0.717) is 5.69 Å². The van der Waals surface area contributed by atoms with E-state index in [1.54, 1.807) is 31.2 Å². The summed E-state index contributed by atoms with van der Waals surface area (Å²) in [7, 11) is -2.55. The van der Waals surface area contributed by atoms with Crippen molar-refractivity contribution in [1.82, 2.24) is 0 Å². The molecule has 2 rings (SSSR count). The number of hydrogen-bond donors (Lipinski definition) is 1. The number of aryl methyl sites for hydroxylation is 1. The number of nitrogens with zero attached hydrogens (tertiary/aromatic N) is 2. The van der Waals surface area contributed by atoms with Gasteiger partial charge in [0.25, 0.3) is 10.0 Å². The zero-order chi connectivity index (χ0) is 15.6. The van der Waals surface area contributed by atoms with Crippen LogP contribution < -0.4 is 9.53 Å². The number of benzene rings is 2. The largest absolute Gasteiger partial charge is 0.733 e. The zero-order valence-corrected chi connectivity index (χ0v) is 12.4. The SMILES string of the molecule is Cc1ccccc1N(C)S(=O)(=O)c1ccccc1N([O-])O. The molecule has 6 nitrogen and oxygen atoms in total. The fourth-order valence-electron chi connectivity index (χ4n) is 2.03. The predicted molar refractivity (Wildman–Crippen MR) is 80.8 cm³/mol. The van der Waals surface area contributed by atoms with E-state index in [1.165, 1.54) is 31.3 Å². The standard InChI is InChI=1S/C14H15N2O4S/c1-11-7-3-4-8-12(11)15(2)21(19,20)14-10-6-5-9-13(14)16(17)18/h3-10,17H,1-2H3/q-1. The van der Waals surface area contributed by atoms with Gasteiger partial charge in [0.15, 0.2) is 0 Å². The third-order valence-electron chi connectivity index (χ3n) is 3.16. The van der Waals surface area contributed by atoms with Crippen LogP contribution in [0.2, 0.25) is 0 Å². The molecule has 112 valence electrons. The van der Waals surface area contributed by atoms with Crippen molar-refractivity contribution in [3.8, 4) is 0 Å². The van der Waals surface area contributed by atoms with Crippen molar-refractivity contribution in [2.24, 2.45) is 0 Å². The van der Waals surface area contributed by atoms with Gasteiger partial charge in [0.1, 0.15) is 4.90 Å². The monoisotopic (exact) mass is 307 g/mol. The molecule has 0 radical (unpaired) electrons. The summed E-state index contributed by atoms with van der Waals surface area (Å²) in [5, 5.41) is 19.8. The fraction of sp³-hybridized carbons (Fsp3) is 0.143. The van der Waals surface area contributed by atoms with Crippen LogP contribution in [0.15, 0.2) is 53.4 Å². The van der Waals surface area contributed by atoms with Crippen molar-refractivity contribution in [3.05, 3.63) is 59.3 Å². The minimum absolute atomic E-state index is 0.256. The van der Waals surface area contributed by atoms with E-state index in [4.69, 9.17) is 5.21 Å². The van der Waals surface area contributed by atoms with Crippen LogP contribution in [-0.4, -0.2) is 20.7 Å². The van der Waals surface area contributed by atoms with Crippen LogP contribution in [0.25, 0.3) is 0 Å². The first kappa shape index (κ1) is 15.3. The molecule has 0 spiro atoms. The topological polar surface area (TPSA) is 83.9 Å². The number of anilines is 2. The van der Waals surface area contributed by atoms with E-state index in [9.17, 15) is 13.6 Å². The number of para-hydroxylation sites is 2. The van der Waals surface area contributed by atoms with E-state index >= 15 is 0 Å². The third-order valence-corrected chi connectivity index (χ3v) is 4.98. The Morgan fingerprint density at radius 1 is 1.00 bits per heavy atom. The van der Waals surface area contributed by atoms with Gasteiger partial charge in [-0.05, 0) is 30.7 Å². The highest BCUT2D eigenvalue weighted by molar-refractivity contribution is 7.93. The average Bonchev–Trinajstić information content (AvgIpc) is 2.47. The van der Waals surface area contributed by atoms with Crippen LogP contribution in [0, 0.1) is 12.1 Å². The Hall–Kier alpha value is -2.09. The van der Waals surface area contributed by atoms with Gasteiger partial charge in [0, 0.05) is 7.05 Å². The molecule has 0 aliphatic heterocycles. The van der Waals surface area contributed by atoms with Crippen molar-refractivity contribution >= 4 is 21.4 Å². The second-order valence-corrected chi connectivity index (χ2v) is 6.44. The van der Waals surface area contributed by atoms with Gasteiger partial charge in [0.2, 0.25) is 0 Å². The molecule has 0 saturated carbocycles. The lowest BCUT2D eigenvalue weighted by Gasteiger charge is -2.27. The van der Waals surface area contributed by atoms with Crippen molar-refractivity contribution in [3.63, 3.8) is 0 Å². The minimum atomic E-state index is -3.96. The Morgan fingerprint density at radius 2 is 1.52 bits per heavy atom. The molecule has 0 unspecified atom stereocenters. The Balaban J connectivity index is 2.56. The molecule has 2 aromatic rings. The fourth-order valence-corrected chi connectivity index (χ4v) is 3.45. The van der Waals surface area contributed by atoms with Crippen molar-refractivity contribution in [2.45, 2.75) is 11.8 Å². The van der Waals surface area contributed by atoms with Crippen LogP contribution in [0.1, 0.15) is 5.56 Å². The molecule has 0 fully saturated rings. The van der Waals surface area contributed by atoms with E-state index in [1.807, 2.05) is 0 Å². The first-order valence-electron chi connectivity index (χ1n) is 6.15. The predicted octanol–water partition coefficient (Wildman–Crippen LogP) is 2.51. The summed E-state index contributed by atoms with van der Waals surface area (Å²) in [6.45, 7) is 1.79. The van der Waals surface area contributed by atoms with Crippen LogP contribution in [-0.2, 0) is 10.0 Å². The molecule has 2 aromatic carbocycles. The highest BCUT2D eigenvalue weighted by atomic mass is 32.2. The highest BCUT2D eigenvalue weighted by Crippen LogP contribution is 2.30. The van der Waals surface area contributed by atoms with Gasteiger partial charge < -0.3 is 10.4 Å². The zero-order valence-electron chi connectivity index (χ0n) is 11.6. The Labute approximate surface area is 123 Å². The Kier molecular flexibility index (Phi) is 4.17. The first-order chi connectivity index (χ1) is 9.85. The van der Waals surface area contributed by atoms with Gasteiger partial charge in [-0.15, -0.1) is 0 Å². The van der Waals surface area contributed by atoms with E-state index in [0.717, 1.165) is 9.87 Å². The summed E-state index contributed by atoms with van der Waals surface area (Å²) in [6, 6.07) is 12.5.